The number of hydrogen-bond donors (Lipinski definition) is 3. The third-order valence-electron chi connectivity index (χ3n) is 8.94. The number of rotatable bonds is 11. The molecular formula is C29H42F3N3O6S. The predicted octanol–water partition coefficient (Wildman–Crippen LogP) is 3.42. The van der Waals surface area contributed by atoms with Crippen LogP contribution in [0.25, 0.3) is 0 Å². The highest BCUT2D eigenvalue weighted by Crippen LogP contribution is 2.38. The number of aliphatic hydroxyl groups excluding tert-OH is 2. The van der Waals surface area contributed by atoms with Gasteiger partial charge in [0.15, 0.2) is 0 Å². The van der Waals surface area contributed by atoms with Crippen molar-refractivity contribution in [3.63, 3.8) is 0 Å². The summed E-state index contributed by atoms with van der Waals surface area (Å²) in [6, 6.07) is 3.57. The Morgan fingerprint density at radius 1 is 1.14 bits per heavy atom. The lowest BCUT2D eigenvalue weighted by Crippen LogP contribution is -2.51. The monoisotopic (exact) mass is 617 g/mol. The molecule has 13 heteroatoms. The van der Waals surface area contributed by atoms with Crippen molar-refractivity contribution in [2.75, 3.05) is 32.1 Å². The first kappa shape index (κ1) is 32.7. The number of sulfonamides is 1. The van der Waals surface area contributed by atoms with Gasteiger partial charge in [-0.3, -0.25) is 9.79 Å². The molecule has 4 rings (SSSR count). The molecule has 2 aliphatic heterocycles. The van der Waals surface area contributed by atoms with Gasteiger partial charge in [0.25, 0.3) is 5.91 Å². The van der Waals surface area contributed by atoms with Crippen LogP contribution in [0.2, 0.25) is 0 Å². The number of benzene rings is 1. The van der Waals surface area contributed by atoms with Crippen molar-refractivity contribution in [2.45, 2.75) is 89.5 Å². The van der Waals surface area contributed by atoms with Crippen LogP contribution in [0.1, 0.15) is 68.1 Å². The molecule has 0 aromatic heterocycles. The second-order valence-corrected chi connectivity index (χ2v) is 14.1. The Hall–Kier alpha value is -2.22. The number of nitrogens with one attached hydrogen (secondary N) is 1. The topological polar surface area (TPSA) is 129 Å². The predicted molar refractivity (Wildman–Crippen MR) is 152 cm³/mol. The molecule has 1 amide bonds. The Balaban J connectivity index is 1.30. The SMILES string of the molecule is Cc1cc(OCC(O)CO)cc(C)c1CCS(=O)(=O)N1CCC2(CC1)N=C(C1CCC(CCC(F)(F)F)CC1)NC2=O. The largest absolute Gasteiger partial charge is 0.491 e. The molecule has 1 atom stereocenters. The molecule has 1 unspecified atom stereocenters. The number of piperidine rings is 1. The van der Waals surface area contributed by atoms with E-state index in [-0.39, 0.29) is 62.5 Å². The smallest absolute Gasteiger partial charge is 0.389 e. The third kappa shape index (κ3) is 8.03. The van der Waals surface area contributed by atoms with Crippen LogP contribution in [0.4, 0.5) is 13.2 Å². The van der Waals surface area contributed by atoms with E-state index in [4.69, 9.17) is 14.8 Å². The number of carbonyl (C=O) groups excluding carboxylic acids is 1. The summed E-state index contributed by atoms with van der Waals surface area (Å²) in [6.45, 7) is 3.68. The number of aryl methyl sites for hydroxylation is 2. The Kier molecular flexibility index (Phi) is 10.3. The minimum absolute atomic E-state index is 0.0141. The van der Waals surface area contributed by atoms with E-state index in [1.807, 2.05) is 13.8 Å². The number of aliphatic imine (C=N–C) groups is 1. The number of aliphatic hydroxyl groups is 2. The molecule has 3 aliphatic rings. The van der Waals surface area contributed by atoms with Gasteiger partial charge in [0.1, 0.15) is 29.8 Å². The molecule has 1 saturated heterocycles. The van der Waals surface area contributed by atoms with Crippen molar-refractivity contribution in [2.24, 2.45) is 16.8 Å². The van der Waals surface area contributed by atoms with E-state index in [9.17, 15) is 31.5 Å². The van der Waals surface area contributed by atoms with Crippen LogP contribution in [-0.2, 0) is 21.2 Å². The average Bonchev–Trinajstić information content (AvgIpc) is 3.25. The first-order chi connectivity index (χ1) is 19.7. The van der Waals surface area contributed by atoms with E-state index in [1.165, 1.54) is 4.31 Å². The molecule has 2 fully saturated rings. The van der Waals surface area contributed by atoms with Crippen molar-refractivity contribution in [3.05, 3.63) is 28.8 Å². The molecule has 42 heavy (non-hydrogen) atoms. The van der Waals surface area contributed by atoms with Gasteiger partial charge in [-0.25, -0.2) is 12.7 Å². The average molecular weight is 618 g/mol. The molecule has 3 N–H and O–H groups in total. The number of hydrogen-bond acceptors (Lipinski definition) is 7. The van der Waals surface area contributed by atoms with Crippen LogP contribution in [0.5, 0.6) is 5.75 Å². The molecule has 1 aromatic carbocycles. The summed E-state index contributed by atoms with van der Waals surface area (Å²) in [5.74, 6) is 0.898. The van der Waals surface area contributed by atoms with E-state index >= 15 is 0 Å². The Morgan fingerprint density at radius 2 is 1.76 bits per heavy atom. The molecule has 0 radical (unpaired) electrons. The summed E-state index contributed by atoms with van der Waals surface area (Å²) in [5, 5.41) is 21.4. The van der Waals surface area contributed by atoms with Gasteiger partial charge < -0.3 is 20.3 Å². The fourth-order valence-corrected chi connectivity index (χ4v) is 7.80. The van der Waals surface area contributed by atoms with Crippen molar-refractivity contribution >= 4 is 21.8 Å². The molecule has 2 heterocycles. The molecule has 1 saturated carbocycles. The summed E-state index contributed by atoms with van der Waals surface area (Å²) in [6.07, 6.45) is -2.13. The van der Waals surface area contributed by atoms with Gasteiger partial charge >= 0.3 is 6.18 Å². The van der Waals surface area contributed by atoms with Crippen LogP contribution in [0.3, 0.4) is 0 Å². The number of ether oxygens (including phenoxy) is 1. The van der Waals surface area contributed by atoms with Gasteiger partial charge in [0.05, 0.1) is 12.4 Å². The zero-order valence-corrected chi connectivity index (χ0v) is 25.1. The summed E-state index contributed by atoms with van der Waals surface area (Å²) in [5.41, 5.74) is 1.66. The van der Waals surface area contributed by atoms with Gasteiger partial charge in [-0.1, -0.05) is 0 Å². The van der Waals surface area contributed by atoms with Crippen molar-refractivity contribution in [1.82, 2.24) is 9.62 Å². The van der Waals surface area contributed by atoms with Gasteiger partial charge in [-0.2, -0.15) is 13.2 Å². The Labute approximate surface area is 245 Å². The first-order valence-corrected chi connectivity index (χ1v) is 16.3. The molecule has 1 aliphatic carbocycles. The third-order valence-corrected chi connectivity index (χ3v) is 10.8. The number of halogens is 3. The molecule has 0 bridgehead atoms. The summed E-state index contributed by atoms with van der Waals surface area (Å²) >= 11 is 0. The minimum atomic E-state index is -4.14. The number of carbonyl (C=O) groups is 1. The quantitative estimate of drug-likeness (QED) is 0.349. The number of alkyl halides is 3. The minimum Gasteiger partial charge on any atom is -0.491 e. The highest BCUT2D eigenvalue weighted by atomic mass is 32.2. The van der Waals surface area contributed by atoms with Crippen LogP contribution < -0.4 is 10.1 Å². The zero-order chi connectivity index (χ0) is 30.7. The van der Waals surface area contributed by atoms with Crippen molar-refractivity contribution in [1.29, 1.82) is 0 Å². The van der Waals surface area contributed by atoms with Crippen molar-refractivity contribution < 1.29 is 41.3 Å². The molecule has 236 valence electrons. The summed E-state index contributed by atoms with van der Waals surface area (Å²) in [4.78, 5) is 17.8. The van der Waals surface area contributed by atoms with E-state index < -0.39 is 40.9 Å². The van der Waals surface area contributed by atoms with Gasteiger partial charge in [0.2, 0.25) is 10.0 Å². The van der Waals surface area contributed by atoms with Gasteiger partial charge in [0, 0.05) is 25.4 Å². The lowest BCUT2D eigenvalue weighted by atomic mass is 9.79. The fourth-order valence-electron chi connectivity index (χ4n) is 6.34. The summed E-state index contributed by atoms with van der Waals surface area (Å²) < 4.78 is 71.2. The van der Waals surface area contributed by atoms with E-state index in [0.717, 1.165) is 16.7 Å². The van der Waals surface area contributed by atoms with Crippen molar-refractivity contribution in [3.8, 4) is 5.75 Å². The first-order valence-electron chi connectivity index (χ1n) is 14.7. The maximum atomic E-state index is 13.2. The maximum Gasteiger partial charge on any atom is 0.389 e. The summed E-state index contributed by atoms with van der Waals surface area (Å²) in [7, 11) is -3.59. The van der Waals surface area contributed by atoms with Crippen LogP contribution >= 0.6 is 0 Å². The number of amidine groups is 1. The lowest BCUT2D eigenvalue weighted by Gasteiger charge is -2.34. The zero-order valence-electron chi connectivity index (χ0n) is 24.3. The normalized spacial score (nSPS) is 24.0. The van der Waals surface area contributed by atoms with E-state index in [0.29, 0.717) is 43.7 Å². The van der Waals surface area contributed by atoms with Gasteiger partial charge in [-0.15, -0.1) is 0 Å². The van der Waals surface area contributed by atoms with E-state index in [2.05, 4.69) is 5.32 Å². The number of amides is 1. The van der Waals surface area contributed by atoms with Gasteiger partial charge in [-0.05, 0) is 100.0 Å². The standard InChI is InChI=1S/C29H42F3N3O6S/c1-19-15-24(41-18-23(37)17-36)16-20(2)25(19)8-14-42(39,40)35-12-10-28(11-13-35)27(38)33-26(34-28)22-5-3-21(4-6-22)7-9-29(30,31)32/h15-16,21-23,36-37H,3-14,17-18H2,1-2H3,(H,33,34,38). The Morgan fingerprint density at radius 3 is 2.33 bits per heavy atom. The molecule has 1 aromatic rings. The van der Waals surface area contributed by atoms with Crippen LogP contribution in [-0.4, -0.2) is 84.6 Å². The number of nitrogens with zero attached hydrogens (tertiary/aromatic N) is 2. The second-order valence-electron chi connectivity index (χ2n) is 12.0. The van der Waals surface area contributed by atoms with E-state index in [1.54, 1.807) is 12.1 Å². The van der Waals surface area contributed by atoms with Crippen LogP contribution in [0.15, 0.2) is 17.1 Å². The fraction of sp³-hybridized carbons (Fsp3) is 0.724. The molecular weight excluding hydrogens is 575 g/mol. The molecule has 9 nitrogen and oxygen atoms in total. The molecule has 1 spiro atoms. The second kappa shape index (κ2) is 13.2. The highest BCUT2D eigenvalue weighted by molar-refractivity contribution is 7.89. The highest BCUT2D eigenvalue weighted by Gasteiger charge is 2.48. The van der Waals surface area contributed by atoms with Crippen LogP contribution in [0, 0.1) is 25.7 Å². The Bertz CT molecular complexity index is 1230. The lowest BCUT2D eigenvalue weighted by molar-refractivity contribution is -0.138. The maximum absolute atomic E-state index is 13.2.